The molecule has 3 amide bonds. The van der Waals surface area contributed by atoms with E-state index in [1.807, 2.05) is 0 Å². The Morgan fingerprint density at radius 3 is 2.58 bits per heavy atom. The molecule has 2 aliphatic heterocycles. The van der Waals surface area contributed by atoms with Crippen LogP contribution in [0.5, 0.6) is 11.5 Å². The number of hydrogen-bond acceptors (Lipinski definition) is 8. The van der Waals surface area contributed by atoms with Crippen LogP contribution in [-0.2, 0) is 11.3 Å². The van der Waals surface area contributed by atoms with Crippen LogP contribution < -0.4 is 20.1 Å². The number of amides is 3. The van der Waals surface area contributed by atoms with Crippen molar-refractivity contribution in [2.24, 2.45) is 5.92 Å². The molecule has 0 aliphatic carbocycles. The molecule has 1 saturated heterocycles. The zero-order chi connectivity index (χ0) is 25.1. The number of likely N-dealkylation sites (tertiary alicyclic amines) is 1. The molecule has 12 heteroatoms. The van der Waals surface area contributed by atoms with E-state index in [4.69, 9.17) is 9.47 Å². The van der Waals surface area contributed by atoms with E-state index in [1.54, 1.807) is 41.3 Å². The van der Waals surface area contributed by atoms with Gasteiger partial charge in [-0.05, 0) is 31.0 Å². The van der Waals surface area contributed by atoms with E-state index < -0.39 is 5.91 Å². The molecule has 0 unspecified atom stereocenters. The number of hydrogen-bond donors (Lipinski definition) is 2. The van der Waals surface area contributed by atoms with Crippen LogP contribution >= 0.6 is 11.3 Å². The van der Waals surface area contributed by atoms with Crippen molar-refractivity contribution in [1.29, 1.82) is 0 Å². The van der Waals surface area contributed by atoms with Gasteiger partial charge in [-0.1, -0.05) is 29.5 Å². The summed E-state index contributed by atoms with van der Waals surface area (Å²) in [5.41, 5.74) is 0.927. The number of piperidine rings is 1. The molecule has 0 spiro atoms. The van der Waals surface area contributed by atoms with E-state index in [0.29, 0.717) is 48.7 Å². The molecule has 2 aliphatic rings. The molecule has 186 valence electrons. The van der Waals surface area contributed by atoms with Crippen molar-refractivity contribution in [3.05, 3.63) is 63.9 Å². The highest BCUT2D eigenvalue weighted by Crippen LogP contribution is 2.34. The first kappa shape index (κ1) is 23.7. The summed E-state index contributed by atoms with van der Waals surface area (Å²) in [5, 5.41) is 13.4. The standard InChI is InChI=1S/C24H22FN5O5S/c25-17-4-2-1-3-15(17)12-26-20(31)14-7-9-30(10-8-14)24(33)23-29-28-22(36-23)21(32)27-16-5-6-18-19(11-16)35-13-34-18/h1-6,11,14H,7-10,12-13H2,(H,26,31)(H,27,32). The molecule has 0 atom stereocenters. The number of fused-ring (bicyclic) bond motifs is 1. The minimum absolute atomic E-state index is 0.0541. The zero-order valence-corrected chi connectivity index (χ0v) is 19.8. The van der Waals surface area contributed by atoms with Crippen LogP contribution in [-0.4, -0.2) is 52.7 Å². The summed E-state index contributed by atoms with van der Waals surface area (Å²) < 4.78 is 24.3. The molecule has 36 heavy (non-hydrogen) atoms. The van der Waals surface area contributed by atoms with Gasteiger partial charge in [-0.25, -0.2) is 4.39 Å². The Kier molecular flexibility index (Phi) is 6.76. The molecule has 10 nitrogen and oxygen atoms in total. The average Bonchev–Trinajstić information content (AvgIpc) is 3.57. The van der Waals surface area contributed by atoms with Crippen LogP contribution in [0.15, 0.2) is 42.5 Å². The number of aromatic nitrogens is 2. The number of carbonyl (C=O) groups excluding carboxylic acids is 3. The first-order valence-corrected chi connectivity index (χ1v) is 12.1. The van der Waals surface area contributed by atoms with Gasteiger partial charge in [-0.2, -0.15) is 0 Å². The molecule has 0 saturated carbocycles. The predicted molar refractivity (Wildman–Crippen MR) is 127 cm³/mol. The number of halogens is 1. The molecule has 2 N–H and O–H groups in total. The van der Waals surface area contributed by atoms with Gasteiger partial charge in [0.05, 0.1) is 0 Å². The first-order valence-electron chi connectivity index (χ1n) is 11.3. The molecule has 0 radical (unpaired) electrons. The Morgan fingerprint density at radius 1 is 1.03 bits per heavy atom. The lowest BCUT2D eigenvalue weighted by Crippen LogP contribution is -2.43. The van der Waals surface area contributed by atoms with Crippen molar-refractivity contribution in [1.82, 2.24) is 20.4 Å². The fourth-order valence-electron chi connectivity index (χ4n) is 4.01. The smallest absolute Gasteiger partial charge is 0.286 e. The number of benzene rings is 2. The Labute approximate surface area is 209 Å². The highest BCUT2D eigenvalue weighted by molar-refractivity contribution is 7.15. The number of ether oxygens (including phenoxy) is 2. The Morgan fingerprint density at radius 2 is 1.78 bits per heavy atom. The topological polar surface area (TPSA) is 123 Å². The van der Waals surface area contributed by atoms with Crippen molar-refractivity contribution < 1.29 is 28.2 Å². The molecule has 5 rings (SSSR count). The second-order valence-corrected chi connectivity index (χ2v) is 9.29. The van der Waals surface area contributed by atoms with Gasteiger partial charge in [0.1, 0.15) is 5.82 Å². The molecule has 3 heterocycles. The van der Waals surface area contributed by atoms with Crippen LogP contribution in [0.4, 0.5) is 10.1 Å². The summed E-state index contributed by atoms with van der Waals surface area (Å²) >= 11 is 0.905. The minimum Gasteiger partial charge on any atom is -0.454 e. The minimum atomic E-state index is -0.490. The zero-order valence-electron chi connectivity index (χ0n) is 19.0. The summed E-state index contributed by atoms with van der Waals surface area (Å²) in [7, 11) is 0. The van der Waals surface area contributed by atoms with E-state index in [-0.39, 0.29) is 46.9 Å². The Hall–Kier alpha value is -4.06. The number of anilines is 1. The van der Waals surface area contributed by atoms with Gasteiger partial charge < -0.3 is 25.0 Å². The van der Waals surface area contributed by atoms with Gasteiger partial charge in [0.15, 0.2) is 11.5 Å². The van der Waals surface area contributed by atoms with Gasteiger partial charge >= 0.3 is 0 Å². The maximum absolute atomic E-state index is 13.8. The van der Waals surface area contributed by atoms with E-state index in [2.05, 4.69) is 20.8 Å². The van der Waals surface area contributed by atoms with Gasteiger partial charge in [0, 0.05) is 42.9 Å². The van der Waals surface area contributed by atoms with E-state index >= 15 is 0 Å². The molecule has 0 bridgehead atoms. The molecule has 2 aromatic carbocycles. The van der Waals surface area contributed by atoms with Crippen LogP contribution in [0, 0.1) is 11.7 Å². The highest BCUT2D eigenvalue weighted by Gasteiger charge is 2.30. The van der Waals surface area contributed by atoms with Gasteiger partial charge in [-0.15, -0.1) is 10.2 Å². The Balaban J connectivity index is 1.12. The van der Waals surface area contributed by atoms with E-state index in [0.717, 1.165) is 11.3 Å². The summed E-state index contributed by atoms with van der Waals surface area (Å²) in [6, 6.07) is 11.3. The van der Waals surface area contributed by atoms with Gasteiger partial charge in [-0.3, -0.25) is 14.4 Å². The van der Waals surface area contributed by atoms with E-state index in [1.165, 1.54) is 6.07 Å². The number of rotatable bonds is 6. The molecule has 1 fully saturated rings. The number of nitrogens with zero attached hydrogens (tertiary/aromatic N) is 3. The largest absolute Gasteiger partial charge is 0.454 e. The van der Waals surface area contributed by atoms with Crippen LogP contribution in [0.25, 0.3) is 0 Å². The molecular formula is C24H22FN5O5S. The Bertz CT molecular complexity index is 1310. The van der Waals surface area contributed by atoms with E-state index in [9.17, 15) is 18.8 Å². The number of nitrogens with one attached hydrogen (secondary N) is 2. The maximum Gasteiger partial charge on any atom is 0.286 e. The highest BCUT2D eigenvalue weighted by atomic mass is 32.1. The SMILES string of the molecule is O=C(Nc1ccc2c(c1)OCO2)c1nnc(C(=O)N2CCC(C(=O)NCc3ccccc3F)CC2)s1. The summed E-state index contributed by atoms with van der Waals surface area (Å²) in [5.74, 6) is -0.481. The lowest BCUT2D eigenvalue weighted by molar-refractivity contribution is -0.126. The second-order valence-electron chi connectivity index (χ2n) is 8.31. The quantitative estimate of drug-likeness (QED) is 0.522. The van der Waals surface area contributed by atoms with Crippen LogP contribution in [0.2, 0.25) is 0 Å². The summed E-state index contributed by atoms with van der Waals surface area (Å²) in [4.78, 5) is 39.5. The van der Waals surface area contributed by atoms with Crippen molar-refractivity contribution in [3.8, 4) is 11.5 Å². The van der Waals surface area contributed by atoms with Crippen LogP contribution in [0.3, 0.4) is 0 Å². The average molecular weight is 512 g/mol. The third-order valence-corrected chi connectivity index (χ3v) is 6.91. The summed E-state index contributed by atoms with van der Waals surface area (Å²) in [6.45, 7) is 0.987. The van der Waals surface area contributed by atoms with Crippen LogP contribution in [0.1, 0.15) is 38.0 Å². The van der Waals surface area contributed by atoms with Crippen molar-refractivity contribution >= 4 is 34.7 Å². The fraction of sp³-hybridized carbons (Fsp3) is 0.292. The lowest BCUT2D eigenvalue weighted by Gasteiger charge is -2.30. The third-order valence-electron chi connectivity index (χ3n) is 6.00. The molecule has 3 aromatic rings. The predicted octanol–water partition coefficient (Wildman–Crippen LogP) is 2.83. The maximum atomic E-state index is 13.8. The molecule has 1 aromatic heterocycles. The first-order chi connectivity index (χ1) is 17.5. The van der Waals surface area contributed by atoms with Gasteiger partial charge in [0.2, 0.25) is 22.7 Å². The van der Waals surface area contributed by atoms with Gasteiger partial charge in [0.25, 0.3) is 11.8 Å². The van der Waals surface area contributed by atoms with Crippen molar-refractivity contribution in [2.45, 2.75) is 19.4 Å². The molecular weight excluding hydrogens is 489 g/mol. The second kappa shape index (κ2) is 10.3. The fourth-order valence-corrected chi connectivity index (χ4v) is 4.72. The third kappa shape index (κ3) is 5.13. The lowest BCUT2D eigenvalue weighted by atomic mass is 9.95. The normalized spacial score (nSPS) is 15.0. The number of carbonyl (C=O) groups is 3. The van der Waals surface area contributed by atoms with Crippen molar-refractivity contribution in [2.75, 3.05) is 25.2 Å². The monoisotopic (exact) mass is 511 g/mol. The summed E-state index contributed by atoms with van der Waals surface area (Å²) in [6.07, 6.45) is 0.955. The van der Waals surface area contributed by atoms with Crippen molar-refractivity contribution in [3.63, 3.8) is 0 Å².